The smallest absolute Gasteiger partial charge is 0.406 e. The monoisotopic (exact) mass is 376 g/mol. The van der Waals surface area contributed by atoms with Crippen molar-refractivity contribution in [3.05, 3.63) is 64.9 Å². The van der Waals surface area contributed by atoms with Crippen LogP contribution in [-0.2, 0) is 4.79 Å². The number of hydrogen-bond donors (Lipinski definition) is 1. The van der Waals surface area contributed by atoms with E-state index in [0.717, 1.165) is 17.7 Å². The molecule has 0 aromatic heterocycles. The molecule has 2 aliphatic rings. The van der Waals surface area contributed by atoms with E-state index in [9.17, 15) is 22.8 Å². The van der Waals surface area contributed by atoms with E-state index in [1.54, 1.807) is 19.1 Å². The number of nitrogens with zero attached hydrogens (tertiary/aromatic N) is 1. The summed E-state index contributed by atoms with van der Waals surface area (Å²) in [5, 5.41) is 2.77. The highest BCUT2D eigenvalue weighted by atomic mass is 19.4. The number of fused-ring (bicyclic) bond motifs is 1. The van der Waals surface area contributed by atoms with E-state index in [1.165, 1.54) is 12.1 Å². The van der Waals surface area contributed by atoms with Crippen molar-refractivity contribution in [1.82, 2.24) is 5.32 Å². The molecule has 5 nitrogen and oxygen atoms in total. The molecule has 1 atom stereocenters. The van der Waals surface area contributed by atoms with E-state index in [2.05, 4.69) is 15.0 Å². The second-order valence-electron chi connectivity index (χ2n) is 6.11. The van der Waals surface area contributed by atoms with Gasteiger partial charge in [-0.05, 0) is 50.3 Å². The van der Waals surface area contributed by atoms with Gasteiger partial charge in [0.05, 0.1) is 5.71 Å². The van der Waals surface area contributed by atoms with Crippen LogP contribution >= 0.6 is 0 Å². The molecule has 0 radical (unpaired) electrons. The van der Waals surface area contributed by atoms with E-state index in [1.807, 2.05) is 13.0 Å². The number of rotatable bonds is 2. The molecule has 1 aromatic rings. The molecule has 0 saturated carbocycles. The van der Waals surface area contributed by atoms with E-state index in [4.69, 9.17) is 0 Å². The second kappa shape index (κ2) is 6.86. The van der Waals surface area contributed by atoms with E-state index < -0.39 is 18.0 Å². The number of alkyl halides is 3. The number of allylic oxidation sites excluding steroid dienone is 3. The fraction of sp³-hybridized carbons (Fsp3) is 0.211. The summed E-state index contributed by atoms with van der Waals surface area (Å²) < 4.78 is 40.3. The predicted molar refractivity (Wildman–Crippen MR) is 92.1 cm³/mol. The highest BCUT2D eigenvalue weighted by Crippen LogP contribution is 2.30. The Hall–Kier alpha value is -3.16. The highest BCUT2D eigenvalue weighted by molar-refractivity contribution is 6.14. The third-order valence-electron chi connectivity index (χ3n) is 4.32. The van der Waals surface area contributed by atoms with Crippen molar-refractivity contribution < 1.29 is 27.5 Å². The van der Waals surface area contributed by atoms with Crippen LogP contribution in [0.3, 0.4) is 0 Å². The standard InChI is InChI=1S/C19H15F3N2O3/c1-10-11(2)17(25)24-16-9-13(5-8-15(10)16)23-18(26)12-3-6-14(7-4-12)27-19(20,21)22/h3-9,15H,1-2H3,(H,24,25). The molecule has 1 aliphatic carbocycles. The zero-order valence-electron chi connectivity index (χ0n) is 14.4. The lowest BCUT2D eigenvalue weighted by molar-refractivity contribution is -0.274. The van der Waals surface area contributed by atoms with Gasteiger partial charge in [-0.2, -0.15) is 0 Å². The number of benzene rings is 1. The lowest BCUT2D eigenvalue weighted by Gasteiger charge is -2.28. The Labute approximate surface area is 152 Å². The maximum absolute atomic E-state index is 12.2. The lowest BCUT2D eigenvalue weighted by Crippen LogP contribution is -2.35. The van der Waals surface area contributed by atoms with Crippen LogP contribution in [0.15, 0.2) is 64.3 Å². The molecule has 1 aromatic carbocycles. The Morgan fingerprint density at radius 2 is 1.85 bits per heavy atom. The molecule has 1 aliphatic heterocycles. The van der Waals surface area contributed by atoms with Gasteiger partial charge in [0, 0.05) is 22.8 Å². The molecule has 0 fully saturated rings. The molecule has 8 heteroatoms. The molecule has 0 saturated heterocycles. The van der Waals surface area contributed by atoms with Crippen LogP contribution in [-0.4, -0.2) is 23.9 Å². The highest BCUT2D eigenvalue weighted by Gasteiger charge is 2.31. The minimum Gasteiger partial charge on any atom is -0.406 e. The van der Waals surface area contributed by atoms with Crippen LogP contribution in [0.2, 0.25) is 0 Å². The summed E-state index contributed by atoms with van der Waals surface area (Å²) >= 11 is 0. The number of ether oxygens (including phenoxy) is 1. The fourth-order valence-electron chi connectivity index (χ4n) is 2.77. The van der Waals surface area contributed by atoms with Crippen molar-refractivity contribution >= 4 is 17.5 Å². The zero-order chi connectivity index (χ0) is 19.8. The first kappa shape index (κ1) is 18.6. The Morgan fingerprint density at radius 1 is 1.19 bits per heavy atom. The minimum atomic E-state index is -4.79. The van der Waals surface area contributed by atoms with Gasteiger partial charge in [-0.25, -0.2) is 4.99 Å². The van der Waals surface area contributed by atoms with E-state index in [-0.39, 0.29) is 17.4 Å². The van der Waals surface area contributed by atoms with Crippen LogP contribution in [0.5, 0.6) is 5.75 Å². The number of aliphatic imine (C=N–C) groups is 1. The van der Waals surface area contributed by atoms with E-state index in [0.29, 0.717) is 17.0 Å². The predicted octanol–water partition coefficient (Wildman–Crippen LogP) is 3.70. The van der Waals surface area contributed by atoms with Crippen molar-refractivity contribution in [3.63, 3.8) is 0 Å². The van der Waals surface area contributed by atoms with Gasteiger partial charge in [-0.1, -0.05) is 11.6 Å². The number of carbonyl (C=O) groups is 2. The first-order valence-corrected chi connectivity index (χ1v) is 8.01. The molecular formula is C19H15F3N2O3. The molecule has 1 unspecified atom stereocenters. The summed E-state index contributed by atoms with van der Waals surface area (Å²) in [6.45, 7) is 3.61. The Morgan fingerprint density at radius 3 is 2.48 bits per heavy atom. The minimum absolute atomic E-state index is 0.0736. The average Bonchev–Trinajstić information content (AvgIpc) is 2.59. The normalized spacial score (nSPS) is 20.9. The first-order chi connectivity index (χ1) is 12.6. The molecule has 0 spiro atoms. The van der Waals surface area contributed by atoms with Crippen LogP contribution in [0.4, 0.5) is 13.2 Å². The van der Waals surface area contributed by atoms with Gasteiger partial charge in [0.2, 0.25) is 0 Å². The van der Waals surface area contributed by atoms with Crippen molar-refractivity contribution in [3.8, 4) is 5.75 Å². The van der Waals surface area contributed by atoms with Gasteiger partial charge in [0.15, 0.2) is 0 Å². The van der Waals surface area contributed by atoms with Gasteiger partial charge in [0.25, 0.3) is 11.8 Å². The van der Waals surface area contributed by atoms with Gasteiger partial charge >= 0.3 is 6.36 Å². The topological polar surface area (TPSA) is 67.8 Å². The SMILES string of the molecule is CC1=C(C)C2C=CC(=NC(=O)c3ccc(OC(F)(F)F)cc3)C=C2NC1=O. The molecule has 3 rings (SSSR count). The van der Waals surface area contributed by atoms with Gasteiger partial charge < -0.3 is 10.1 Å². The van der Waals surface area contributed by atoms with Crippen LogP contribution in [0.1, 0.15) is 24.2 Å². The molecule has 2 amide bonds. The van der Waals surface area contributed by atoms with E-state index >= 15 is 0 Å². The third-order valence-corrected chi connectivity index (χ3v) is 4.32. The second-order valence-corrected chi connectivity index (χ2v) is 6.11. The maximum atomic E-state index is 12.2. The summed E-state index contributed by atoms with van der Waals surface area (Å²) in [5.41, 5.74) is 2.66. The number of amides is 2. The summed E-state index contributed by atoms with van der Waals surface area (Å²) in [6, 6.07) is 4.50. The van der Waals surface area contributed by atoms with Gasteiger partial charge in [0.1, 0.15) is 5.75 Å². The first-order valence-electron chi connectivity index (χ1n) is 8.01. The number of hydrogen-bond acceptors (Lipinski definition) is 3. The van der Waals surface area contributed by atoms with Crippen LogP contribution < -0.4 is 10.1 Å². The Balaban J connectivity index is 1.78. The molecular weight excluding hydrogens is 361 g/mol. The molecule has 1 N–H and O–H groups in total. The van der Waals surface area contributed by atoms with Gasteiger partial charge in [-0.15, -0.1) is 13.2 Å². The zero-order valence-corrected chi connectivity index (χ0v) is 14.4. The summed E-state index contributed by atoms with van der Waals surface area (Å²) in [5.74, 6) is -1.31. The Bertz CT molecular complexity index is 923. The molecule has 0 bridgehead atoms. The van der Waals surface area contributed by atoms with Crippen molar-refractivity contribution in [1.29, 1.82) is 0 Å². The van der Waals surface area contributed by atoms with Crippen LogP contribution in [0.25, 0.3) is 0 Å². The average molecular weight is 376 g/mol. The summed E-state index contributed by atoms with van der Waals surface area (Å²) in [7, 11) is 0. The molecule has 27 heavy (non-hydrogen) atoms. The summed E-state index contributed by atoms with van der Waals surface area (Å²) in [6.07, 6.45) is 0.315. The lowest BCUT2D eigenvalue weighted by atomic mass is 9.85. The number of halogens is 3. The number of nitrogens with one attached hydrogen (secondary N) is 1. The Kier molecular flexibility index (Phi) is 4.73. The largest absolute Gasteiger partial charge is 0.573 e. The quantitative estimate of drug-likeness (QED) is 0.856. The molecule has 140 valence electrons. The maximum Gasteiger partial charge on any atom is 0.573 e. The fourth-order valence-corrected chi connectivity index (χ4v) is 2.77. The van der Waals surface area contributed by atoms with Crippen molar-refractivity contribution in [2.75, 3.05) is 0 Å². The van der Waals surface area contributed by atoms with Crippen LogP contribution in [0, 0.1) is 5.92 Å². The number of carbonyl (C=O) groups excluding carboxylic acids is 2. The van der Waals surface area contributed by atoms with Crippen molar-refractivity contribution in [2.24, 2.45) is 10.9 Å². The summed E-state index contributed by atoms with van der Waals surface area (Å²) in [4.78, 5) is 28.1. The third kappa shape index (κ3) is 4.16. The molecule has 1 heterocycles. The van der Waals surface area contributed by atoms with Crippen molar-refractivity contribution in [2.45, 2.75) is 20.2 Å². The van der Waals surface area contributed by atoms with Gasteiger partial charge in [-0.3, -0.25) is 9.59 Å².